The van der Waals surface area contributed by atoms with Crippen LogP contribution < -0.4 is 0 Å². The Kier molecular flexibility index (Phi) is 3.80. The number of hydrogen-bond acceptors (Lipinski definition) is 1. The summed E-state index contributed by atoms with van der Waals surface area (Å²) in [4.78, 5) is 2.60. The summed E-state index contributed by atoms with van der Waals surface area (Å²) in [6, 6.07) is 0.834. The Bertz CT molecular complexity index is 149. The zero-order valence-electron chi connectivity index (χ0n) is 8.59. The lowest BCUT2D eigenvalue weighted by Crippen LogP contribution is -2.33. The van der Waals surface area contributed by atoms with Crippen LogP contribution in [-0.4, -0.2) is 24.0 Å². The van der Waals surface area contributed by atoms with Crippen molar-refractivity contribution in [3.8, 4) is 0 Å². The summed E-state index contributed by atoms with van der Waals surface area (Å²) in [5.74, 6) is 0.817. The third kappa shape index (κ3) is 2.34. The minimum Gasteiger partial charge on any atom is -0.296 e. The van der Waals surface area contributed by atoms with E-state index in [2.05, 4.69) is 37.8 Å². The largest absolute Gasteiger partial charge is 0.296 e. The van der Waals surface area contributed by atoms with Gasteiger partial charge in [-0.05, 0) is 32.2 Å². The Balaban J connectivity index is 2.40. The molecule has 1 fully saturated rings. The Morgan fingerprint density at radius 1 is 1.50 bits per heavy atom. The second-order valence-electron chi connectivity index (χ2n) is 4.02. The molecule has 0 aliphatic carbocycles. The lowest BCUT2D eigenvalue weighted by atomic mass is 10.0. The topological polar surface area (TPSA) is 3.24 Å². The summed E-state index contributed by atoms with van der Waals surface area (Å²) in [6.45, 7) is 9.21. The number of rotatable bonds is 3. The standard InChI is InChI=1S/C11H21N/c1-4-5-8-12-9-6-7-11(12)10(2)3/h4-5,10-11H,6-9H2,1-3H3/b5-4+. The van der Waals surface area contributed by atoms with Gasteiger partial charge in [0.05, 0.1) is 0 Å². The van der Waals surface area contributed by atoms with Crippen LogP contribution in [0, 0.1) is 5.92 Å². The Morgan fingerprint density at radius 3 is 2.83 bits per heavy atom. The van der Waals surface area contributed by atoms with Crippen LogP contribution in [0.15, 0.2) is 12.2 Å². The van der Waals surface area contributed by atoms with Crippen LogP contribution >= 0.6 is 0 Å². The predicted molar refractivity (Wildman–Crippen MR) is 54.2 cm³/mol. The number of hydrogen-bond donors (Lipinski definition) is 0. The molecule has 1 aliphatic heterocycles. The Labute approximate surface area is 76.5 Å². The molecule has 1 heterocycles. The van der Waals surface area contributed by atoms with Gasteiger partial charge in [-0.15, -0.1) is 0 Å². The average Bonchev–Trinajstić information content (AvgIpc) is 2.48. The van der Waals surface area contributed by atoms with Crippen molar-refractivity contribution in [2.75, 3.05) is 13.1 Å². The van der Waals surface area contributed by atoms with Crippen LogP contribution in [0.3, 0.4) is 0 Å². The fourth-order valence-electron chi connectivity index (χ4n) is 2.07. The zero-order valence-corrected chi connectivity index (χ0v) is 8.59. The summed E-state index contributed by atoms with van der Waals surface area (Å²) in [6.07, 6.45) is 7.20. The van der Waals surface area contributed by atoms with E-state index in [0.29, 0.717) is 0 Å². The molecular formula is C11H21N. The summed E-state index contributed by atoms with van der Waals surface area (Å²) < 4.78 is 0. The molecule has 12 heavy (non-hydrogen) atoms. The van der Waals surface area contributed by atoms with E-state index >= 15 is 0 Å². The highest BCUT2D eigenvalue weighted by atomic mass is 15.2. The highest BCUT2D eigenvalue weighted by Crippen LogP contribution is 2.22. The van der Waals surface area contributed by atoms with Gasteiger partial charge in [0.1, 0.15) is 0 Å². The normalized spacial score (nSPS) is 26.2. The molecule has 1 aliphatic rings. The molecule has 1 atom stereocenters. The zero-order chi connectivity index (χ0) is 8.97. The van der Waals surface area contributed by atoms with Crippen molar-refractivity contribution in [3.05, 3.63) is 12.2 Å². The number of nitrogens with zero attached hydrogens (tertiary/aromatic N) is 1. The molecule has 1 nitrogen and oxygen atoms in total. The fraction of sp³-hybridized carbons (Fsp3) is 0.818. The molecule has 0 aromatic carbocycles. The van der Waals surface area contributed by atoms with Crippen molar-refractivity contribution in [2.24, 2.45) is 5.92 Å². The first-order valence-electron chi connectivity index (χ1n) is 5.11. The molecule has 0 bridgehead atoms. The van der Waals surface area contributed by atoms with Crippen LogP contribution in [0.5, 0.6) is 0 Å². The molecule has 0 N–H and O–H groups in total. The molecule has 1 unspecified atom stereocenters. The molecule has 0 aromatic heterocycles. The van der Waals surface area contributed by atoms with Crippen molar-refractivity contribution >= 4 is 0 Å². The van der Waals surface area contributed by atoms with Crippen molar-refractivity contribution < 1.29 is 0 Å². The van der Waals surface area contributed by atoms with Crippen molar-refractivity contribution in [2.45, 2.75) is 39.7 Å². The van der Waals surface area contributed by atoms with Crippen molar-refractivity contribution in [3.63, 3.8) is 0 Å². The second kappa shape index (κ2) is 4.66. The van der Waals surface area contributed by atoms with E-state index in [4.69, 9.17) is 0 Å². The van der Waals surface area contributed by atoms with Crippen molar-refractivity contribution in [1.29, 1.82) is 0 Å². The first-order chi connectivity index (χ1) is 5.75. The van der Waals surface area contributed by atoms with Crippen LogP contribution in [0.4, 0.5) is 0 Å². The van der Waals surface area contributed by atoms with Crippen LogP contribution in [0.2, 0.25) is 0 Å². The van der Waals surface area contributed by atoms with E-state index in [-0.39, 0.29) is 0 Å². The first kappa shape index (κ1) is 9.79. The maximum atomic E-state index is 2.60. The van der Waals surface area contributed by atoms with E-state index < -0.39 is 0 Å². The molecular weight excluding hydrogens is 146 g/mol. The van der Waals surface area contributed by atoms with Gasteiger partial charge < -0.3 is 0 Å². The quantitative estimate of drug-likeness (QED) is 0.584. The van der Waals surface area contributed by atoms with Gasteiger partial charge >= 0.3 is 0 Å². The van der Waals surface area contributed by atoms with Gasteiger partial charge in [0.15, 0.2) is 0 Å². The van der Waals surface area contributed by atoms with E-state index in [1.165, 1.54) is 19.4 Å². The molecule has 0 radical (unpaired) electrons. The lowest BCUT2D eigenvalue weighted by Gasteiger charge is -2.26. The molecule has 0 aromatic rings. The van der Waals surface area contributed by atoms with Gasteiger partial charge in [-0.25, -0.2) is 0 Å². The van der Waals surface area contributed by atoms with Gasteiger partial charge in [0.2, 0.25) is 0 Å². The van der Waals surface area contributed by atoms with E-state index in [9.17, 15) is 0 Å². The van der Waals surface area contributed by atoms with Gasteiger partial charge in [-0.2, -0.15) is 0 Å². The monoisotopic (exact) mass is 167 g/mol. The molecule has 1 saturated heterocycles. The lowest BCUT2D eigenvalue weighted by molar-refractivity contribution is 0.227. The van der Waals surface area contributed by atoms with Gasteiger partial charge in [0, 0.05) is 12.6 Å². The Morgan fingerprint density at radius 2 is 2.25 bits per heavy atom. The second-order valence-corrected chi connectivity index (χ2v) is 4.02. The van der Waals surface area contributed by atoms with E-state index in [0.717, 1.165) is 18.5 Å². The third-order valence-corrected chi connectivity index (χ3v) is 2.76. The SMILES string of the molecule is C/C=C/CN1CCCC1C(C)C. The van der Waals surface area contributed by atoms with Gasteiger partial charge in [-0.1, -0.05) is 26.0 Å². The molecule has 1 heteroatoms. The van der Waals surface area contributed by atoms with Crippen LogP contribution in [-0.2, 0) is 0 Å². The first-order valence-corrected chi connectivity index (χ1v) is 5.11. The minimum absolute atomic E-state index is 0.817. The van der Waals surface area contributed by atoms with Crippen LogP contribution in [0.25, 0.3) is 0 Å². The highest BCUT2D eigenvalue weighted by Gasteiger charge is 2.25. The highest BCUT2D eigenvalue weighted by molar-refractivity contribution is 4.88. The molecule has 1 rings (SSSR count). The minimum atomic E-state index is 0.817. The Hall–Kier alpha value is -0.300. The number of allylic oxidation sites excluding steroid dienone is 1. The predicted octanol–water partition coefficient (Wildman–Crippen LogP) is 2.68. The van der Waals surface area contributed by atoms with Gasteiger partial charge in [-0.3, -0.25) is 4.90 Å². The summed E-state index contributed by atoms with van der Waals surface area (Å²) in [5.41, 5.74) is 0. The molecule has 0 amide bonds. The average molecular weight is 167 g/mol. The summed E-state index contributed by atoms with van der Waals surface area (Å²) >= 11 is 0. The van der Waals surface area contributed by atoms with Crippen molar-refractivity contribution in [1.82, 2.24) is 4.90 Å². The molecule has 0 saturated carbocycles. The summed E-state index contributed by atoms with van der Waals surface area (Å²) in [5, 5.41) is 0. The summed E-state index contributed by atoms with van der Waals surface area (Å²) in [7, 11) is 0. The van der Waals surface area contributed by atoms with E-state index in [1.54, 1.807) is 0 Å². The van der Waals surface area contributed by atoms with Crippen LogP contribution in [0.1, 0.15) is 33.6 Å². The van der Waals surface area contributed by atoms with Gasteiger partial charge in [0.25, 0.3) is 0 Å². The third-order valence-electron chi connectivity index (χ3n) is 2.76. The number of likely N-dealkylation sites (tertiary alicyclic amines) is 1. The molecule has 70 valence electrons. The maximum absolute atomic E-state index is 2.60. The molecule has 0 spiro atoms. The fourth-order valence-corrected chi connectivity index (χ4v) is 2.07. The maximum Gasteiger partial charge on any atom is 0.0166 e. The smallest absolute Gasteiger partial charge is 0.0166 e. The van der Waals surface area contributed by atoms with E-state index in [1.807, 2.05) is 0 Å².